The standard InChI is InChI=1S/C14H19N3O3/c1-19-11-13-15-14(20-16-13)10-17(7-8-18)9-12-5-3-2-4-6-12/h2-6,18H,7-11H2,1H3. The van der Waals surface area contributed by atoms with E-state index in [2.05, 4.69) is 27.2 Å². The molecule has 6 nitrogen and oxygen atoms in total. The molecule has 0 spiro atoms. The van der Waals surface area contributed by atoms with Crippen molar-refractivity contribution in [2.75, 3.05) is 20.3 Å². The lowest BCUT2D eigenvalue weighted by Gasteiger charge is -2.19. The summed E-state index contributed by atoms with van der Waals surface area (Å²) in [4.78, 5) is 6.29. The Morgan fingerprint density at radius 1 is 1.25 bits per heavy atom. The van der Waals surface area contributed by atoms with E-state index >= 15 is 0 Å². The van der Waals surface area contributed by atoms with Crippen LogP contribution in [0.5, 0.6) is 0 Å². The summed E-state index contributed by atoms with van der Waals surface area (Å²) < 4.78 is 10.1. The minimum absolute atomic E-state index is 0.0892. The lowest BCUT2D eigenvalue weighted by atomic mass is 10.2. The molecule has 1 aromatic carbocycles. The van der Waals surface area contributed by atoms with E-state index in [0.29, 0.717) is 31.4 Å². The number of methoxy groups -OCH3 is 1. The van der Waals surface area contributed by atoms with Crippen molar-refractivity contribution in [1.29, 1.82) is 0 Å². The Balaban J connectivity index is 1.97. The van der Waals surface area contributed by atoms with Crippen LogP contribution in [0.1, 0.15) is 17.3 Å². The highest BCUT2D eigenvalue weighted by molar-refractivity contribution is 5.14. The zero-order valence-corrected chi connectivity index (χ0v) is 11.5. The molecule has 1 aromatic heterocycles. The van der Waals surface area contributed by atoms with Gasteiger partial charge in [-0.1, -0.05) is 35.5 Å². The zero-order chi connectivity index (χ0) is 14.2. The molecule has 2 rings (SSSR count). The van der Waals surface area contributed by atoms with Crippen LogP contribution in [0.3, 0.4) is 0 Å². The fourth-order valence-electron chi connectivity index (χ4n) is 1.93. The van der Waals surface area contributed by atoms with E-state index in [4.69, 9.17) is 14.4 Å². The highest BCUT2D eigenvalue weighted by atomic mass is 16.5. The number of aliphatic hydroxyl groups excluding tert-OH is 1. The molecule has 0 amide bonds. The van der Waals surface area contributed by atoms with Gasteiger partial charge < -0.3 is 14.4 Å². The normalized spacial score (nSPS) is 11.2. The molecule has 0 saturated carbocycles. The average molecular weight is 277 g/mol. The van der Waals surface area contributed by atoms with Crippen molar-refractivity contribution < 1.29 is 14.4 Å². The third-order valence-corrected chi connectivity index (χ3v) is 2.81. The number of aromatic nitrogens is 2. The molecule has 20 heavy (non-hydrogen) atoms. The maximum absolute atomic E-state index is 9.15. The lowest BCUT2D eigenvalue weighted by Crippen LogP contribution is -2.26. The summed E-state index contributed by atoms with van der Waals surface area (Å²) in [6.45, 7) is 2.21. The molecular formula is C14H19N3O3. The monoisotopic (exact) mass is 277 g/mol. The second-order valence-electron chi connectivity index (χ2n) is 4.46. The molecule has 0 fully saturated rings. The van der Waals surface area contributed by atoms with Gasteiger partial charge in [0.2, 0.25) is 5.89 Å². The molecule has 0 aliphatic heterocycles. The van der Waals surface area contributed by atoms with Crippen molar-refractivity contribution >= 4 is 0 Å². The van der Waals surface area contributed by atoms with E-state index in [0.717, 1.165) is 6.54 Å². The van der Waals surface area contributed by atoms with Crippen molar-refractivity contribution in [3.63, 3.8) is 0 Å². The number of aliphatic hydroxyl groups is 1. The topological polar surface area (TPSA) is 71.6 Å². The van der Waals surface area contributed by atoms with Crippen LogP contribution in [0.2, 0.25) is 0 Å². The smallest absolute Gasteiger partial charge is 0.240 e. The van der Waals surface area contributed by atoms with Crippen molar-refractivity contribution in [2.45, 2.75) is 19.7 Å². The molecule has 0 aliphatic rings. The highest BCUT2D eigenvalue weighted by Gasteiger charge is 2.12. The van der Waals surface area contributed by atoms with Gasteiger partial charge in [-0.05, 0) is 5.56 Å². The van der Waals surface area contributed by atoms with Gasteiger partial charge in [0, 0.05) is 20.2 Å². The van der Waals surface area contributed by atoms with Crippen LogP contribution in [0.25, 0.3) is 0 Å². The second kappa shape index (κ2) is 7.74. The first-order valence-electron chi connectivity index (χ1n) is 6.49. The van der Waals surface area contributed by atoms with Gasteiger partial charge >= 0.3 is 0 Å². The first-order chi connectivity index (χ1) is 9.81. The minimum Gasteiger partial charge on any atom is -0.395 e. The molecule has 1 heterocycles. The van der Waals surface area contributed by atoms with E-state index < -0.39 is 0 Å². The number of benzene rings is 1. The van der Waals surface area contributed by atoms with E-state index in [1.54, 1.807) is 7.11 Å². The summed E-state index contributed by atoms with van der Waals surface area (Å²) in [5, 5.41) is 13.0. The number of nitrogens with zero attached hydrogens (tertiary/aromatic N) is 3. The molecule has 0 bridgehead atoms. The van der Waals surface area contributed by atoms with Crippen LogP contribution in [-0.2, 0) is 24.4 Å². The third-order valence-electron chi connectivity index (χ3n) is 2.81. The van der Waals surface area contributed by atoms with Crippen molar-refractivity contribution in [3.05, 3.63) is 47.6 Å². The Morgan fingerprint density at radius 2 is 2.05 bits per heavy atom. The van der Waals surface area contributed by atoms with Gasteiger partial charge in [0.05, 0.1) is 13.2 Å². The summed E-state index contributed by atoms with van der Waals surface area (Å²) in [6, 6.07) is 10.1. The van der Waals surface area contributed by atoms with E-state index in [9.17, 15) is 0 Å². The molecule has 0 aliphatic carbocycles. The summed E-state index contributed by atoms with van der Waals surface area (Å²) in [6.07, 6.45) is 0. The molecular weight excluding hydrogens is 258 g/mol. The van der Waals surface area contributed by atoms with E-state index in [1.807, 2.05) is 18.2 Å². The van der Waals surface area contributed by atoms with Crippen LogP contribution in [0.15, 0.2) is 34.9 Å². The molecule has 0 unspecified atom stereocenters. The summed E-state index contributed by atoms with van der Waals surface area (Å²) in [5.41, 5.74) is 1.18. The fourth-order valence-corrected chi connectivity index (χ4v) is 1.93. The molecule has 6 heteroatoms. The van der Waals surface area contributed by atoms with Crippen LogP contribution in [0.4, 0.5) is 0 Å². The van der Waals surface area contributed by atoms with Gasteiger partial charge in [-0.25, -0.2) is 0 Å². The van der Waals surface area contributed by atoms with E-state index in [-0.39, 0.29) is 6.61 Å². The van der Waals surface area contributed by atoms with Crippen LogP contribution in [-0.4, -0.2) is 40.4 Å². The molecule has 0 atom stereocenters. The Labute approximate surface area is 118 Å². The summed E-state index contributed by atoms with van der Waals surface area (Å²) in [5.74, 6) is 1.06. The van der Waals surface area contributed by atoms with Gasteiger partial charge in [-0.2, -0.15) is 4.98 Å². The van der Waals surface area contributed by atoms with Crippen molar-refractivity contribution in [3.8, 4) is 0 Å². The lowest BCUT2D eigenvalue weighted by molar-refractivity contribution is 0.166. The number of rotatable bonds is 8. The minimum atomic E-state index is 0.0892. The quantitative estimate of drug-likeness (QED) is 0.782. The first kappa shape index (κ1) is 14.6. The molecule has 108 valence electrons. The number of ether oxygens (including phenoxy) is 1. The van der Waals surface area contributed by atoms with Gasteiger partial charge in [0.15, 0.2) is 5.82 Å². The van der Waals surface area contributed by atoms with Gasteiger partial charge in [0.25, 0.3) is 0 Å². The van der Waals surface area contributed by atoms with Crippen molar-refractivity contribution in [2.24, 2.45) is 0 Å². The van der Waals surface area contributed by atoms with E-state index in [1.165, 1.54) is 5.56 Å². The third kappa shape index (κ3) is 4.41. The molecule has 0 saturated heterocycles. The van der Waals surface area contributed by atoms with Gasteiger partial charge in [0.1, 0.15) is 6.61 Å². The van der Waals surface area contributed by atoms with Crippen molar-refractivity contribution in [1.82, 2.24) is 15.0 Å². The second-order valence-corrected chi connectivity index (χ2v) is 4.46. The average Bonchev–Trinajstić information content (AvgIpc) is 2.88. The fraction of sp³-hybridized carbons (Fsp3) is 0.429. The molecule has 0 radical (unpaired) electrons. The first-order valence-corrected chi connectivity index (χ1v) is 6.49. The zero-order valence-electron chi connectivity index (χ0n) is 11.5. The predicted octanol–water partition coefficient (Wildman–Crippen LogP) is 1.21. The Morgan fingerprint density at radius 3 is 2.75 bits per heavy atom. The maximum Gasteiger partial charge on any atom is 0.240 e. The summed E-state index contributed by atoms with van der Waals surface area (Å²) in [7, 11) is 1.59. The molecule has 2 aromatic rings. The summed E-state index contributed by atoms with van der Waals surface area (Å²) >= 11 is 0. The largest absolute Gasteiger partial charge is 0.395 e. The Hall–Kier alpha value is -1.76. The number of hydrogen-bond donors (Lipinski definition) is 1. The van der Waals surface area contributed by atoms with Gasteiger partial charge in [-0.3, -0.25) is 4.90 Å². The Kier molecular flexibility index (Phi) is 5.67. The van der Waals surface area contributed by atoms with Crippen LogP contribution >= 0.6 is 0 Å². The predicted molar refractivity (Wildman–Crippen MR) is 72.7 cm³/mol. The van der Waals surface area contributed by atoms with Gasteiger partial charge in [-0.15, -0.1) is 0 Å². The number of hydrogen-bond acceptors (Lipinski definition) is 6. The highest BCUT2D eigenvalue weighted by Crippen LogP contribution is 2.09. The SMILES string of the molecule is COCc1noc(CN(CCO)Cc2ccccc2)n1. The van der Waals surface area contributed by atoms with Crippen LogP contribution in [0, 0.1) is 0 Å². The maximum atomic E-state index is 9.15. The van der Waals surface area contributed by atoms with Crippen LogP contribution < -0.4 is 0 Å². The molecule has 1 N–H and O–H groups in total. The Bertz CT molecular complexity index is 501.